The van der Waals surface area contributed by atoms with Gasteiger partial charge in [-0.25, -0.2) is 17.6 Å². The Bertz CT molecular complexity index is 727. The van der Waals surface area contributed by atoms with Crippen molar-refractivity contribution in [1.82, 2.24) is 4.90 Å². The van der Waals surface area contributed by atoms with Crippen LogP contribution in [0, 0.1) is 23.3 Å². The molecule has 0 aliphatic heterocycles. The molecule has 2 rings (SSSR count). The van der Waals surface area contributed by atoms with Crippen LogP contribution >= 0.6 is 0 Å². The van der Waals surface area contributed by atoms with Gasteiger partial charge < -0.3 is 10.2 Å². The molecule has 1 N–H and O–H groups in total. The Labute approximate surface area is 151 Å². The highest BCUT2D eigenvalue weighted by molar-refractivity contribution is 5.59. The zero-order valence-electron chi connectivity index (χ0n) is 14.8. The van der Waals surface area contributed by atoms with E-state index in [0.29, 0.717) is 6.54 Å². The zero-order valence-corrected chi connectivity index (χ0v) is 14.8. The van der Waals surface area contributed by atoms with Gasteiger partial charge in [0.15, 0.2) is 23.3 Å². The van der Waals surface area contributed by atoms with E-state index in [1.54, 1.807) is 30.3 Å². The van der Waals surface area contributed by atoms with Gasteiger partial charge in [0.25, 0.3) is 0 Å². The molecule has 0 saturated heterocycles. The van der Waals surface area contributed by atoms with Crippen molar-refractivity contribution >= 4 is 11.8 Å². The molecule has 0 spiro atoms. The standard InChI is InChI=1S/C20H22F4N2/c1-3-26(4-2)12-8-11-15-16(21)18(23)20(19(24)17(15)22)25-13-14-9-6-5-7-10-14/h5-11,25H,3-4,12-13H2,1-2H3/b11-8+. The lowest BCUT2D eigenvalue weighted by molar-refractivity contribution is 0.338. The second kappa shape index (κ2) is 9.38. The second-order valence-corrected chi connectivity index (χ2v) is 5.77. The first kappa shape index (κ1) is 20.0. The van der Waals surface area contributed by atoms with Gasteiger partial charge in [-0.05, 0) is 18.7 Å². The van der Waals surface area contributed by atoms with Crippen molar-refractivity contribution in [2.75, 3.05) is 25.0 Å². The van der Waals surface area contributed by atoms with E-state index >= 15 is 0 Å². The Morgan fingerprint density at radius 1 is 0.885 bits per heavy atom. The van der Waals surface area contributed by atoms with Gasteiger partial charge in [-0.2, -0.15) is 0 Å². The molecule has 0 atom stereocenters. The molecule has 0 saturated carbocycles. The molecule has 26 heavy (non-hydrogen) atoms. The molecule has 0 unspecified atom stereocenters. The molecule has 0 aliphatic rings. The maximum absolute atomic E-state index is 14.2. The third-order valence-corrected chi connectivity index (χ3v) is 4.15. The van der Waals surface area contributed by atoms with E-state index in [1.807, 2.05) is 18.7 Å². The number of nitrogens with zero attached hydrogens (tertiary/aromatic N) is 1. The summed E-state index contributed by atoms with van der Waals surface area (Å²) in [5, 5.41) is 2.44. The Balaban J connectivity index is 2.24. The summed E-state index contributed by atoms with van der Waals surface area (Å²) in [6.45, 7) is 5.90. The third kappa shape index (κ3) is 4.64. The van der Waals surface area contributed by atoms with Crippen molar-refractivity contribution in [3.63, 3.8) is 0 Å². The summed E-state index contributed by atoms with van der Waals surface area (Å²) >= 11 is 0. The molecule has 2 aromatic rings. The predicted molar refractivity (Wildman–Crippen MR) is 96.9 cm³/mol. The molecular weight excluding hydrogens is 344 g/mol. The normalized spacial score (nSPS) is 11.5. The van der Waals surface area contributed by atoms with Crippen molar-refractivity contribution in [1.29, 1.82) is 0 Å². The molecule has 140 valence electrons. The minimum atomic E-state index is -1.43. The van der Waals surface area contributed by atoms with Crippen LogP contribution < -0.4 is 5.32 Å². The summed E-state index contributed by atoms with van der Waals surface area (Å²) in [6, 6.07) is 8.78. The lowest BCUT2D eigenvalue weighted by Crippen LogP contribution is -2.22. The first-order chi connectivity index (χ1) is 12.5. The van der Waals surface area contributed by atoms with Crippen molar-refractivity contribution in [3.05, 3.63) is 70.8 Å². The molecule has 0 aliphatic carbocycles. The number of hydrogen-bond donors (Lipinski definition) is 1. The van der Waals surface area contributed by atoms with Gasteiger partial charge in [0.05, 0.1) is 5.56 Å². The van der Waals surface area contributed by atoms with Crippen LogP contribution in [0.3, 0.4) is 0 Å². The molecule has 0 aromatic heterocycles. The molecule has 0 bridgehead atoms. The topological polar surface area (TPSA) is 15.3 Å². The molecule has 0 heterocycles. The van der Waals surface area contributed by atoms with Gasteiger partial charge in [-0.1, -0.05) is 56.3 Å². The van der Waals surface area contributed by atoms with E-state index in [9.17, 15) is 17.6 Å². The van der Waals surface area contributed by atoms with Crippen molar-refractivity contribution in [2.24, 2.45) is 0 Å². The molecule has 2 aromatic carbocycles. The highest BCUT2D eigenvalue weighted by Gasteiger charge is 2.24. The Hall–Kier alpha value is -2.34. The van der Waals surface area contributed by atoms with Gasteiger partial charge in [0.2, 0.25) is 0 Å². The van der Waals surface area contributed by atoms with Crippen LogP contribution in [-0.2, 0) is 6.54 Å². The SMILES string of the molecule is CCN(CC)C/C=C/c1c(F)c(F)c(NCc2ccccc2)c(F)c1F. The van der Waals surface area contributed by atoms with Gasteiger partial charge in [-0.15, -0.1) is 0 Å². The number of likely N-dealkylation sites (N-methyl/N-ethyl adjacent to an activating group) is 1. The van der Waals surface area contributed by atoms with Crippen molar-refractivity contribution in [2.45, 2.75) is 20.4 Å². The highest BCUT2D eigenvalue weighted by atomic mass is 19.2. The van der Waals surface area contributed by atoms with Crippen LogP contribution in [-0.4, -0.2) is 24.5 Å². The largest absolute Gasteiger partial charge is 0.376 e. The van der Waals surface area contributed by atoms with Crippen LogP contribution in [0.1, 0.15) is 25.0 Å². The Morgan fingerprint density at radius 3 is 2.00 bits per heavy atom. The molecule has 6 heteroatoms. The monoisotopic (exact) mass is 366 g/mol. The summed E-state index contributed by atoms with van der Waals surface area (Å²) < 4.78 is 56.9. The Morgan fingerprint density at radius 2 is 1.46 bits per heavy atom. The lowest BCUT2D eigenvalue weighted by atomic mass is 10.1. The second-order valence-electron chi connectivity index (χ2n) is 5.77. The van der Waals surface area contributed by atoms with E-state index in [2.05, 4.69) is 5.32 Å². The molecule has 0 fully saturated rings. The Kier molecular flexibility index (Phi) is 7.21. The average molecular weight is 366 g/mol. The van der Waals surface area contributed by atoms with Crippen molar-refractivity contribution < 1.29 is 17.6 Å². The van der Waals surface area contributed by atoms with E-state index < -0.39 is 34.5 Å². The summed E-state index contributed by atoms with van der Waals surface area (Å²) in [6.07, 6.45) is 2.57. The summed E-state index contributed by atoms with van der Waals surface area (Å²) in [5.41, 5.74) is -0.780. The molecular formula is C20H22F4N2. The highest BCUT2D eigenvalue weighted by Crippen LogP contribution is 2.29. The van der Waals surface area contributed by atoms with E-state index in [0.717, 1.165) is 24.7 Å². The van der Waals surface area contributed by atoms with E-state index in [4.69, 9.17) is 0 Å². The van der Waals surface area contributed by atoms with Crippen LogP contribution in [0.2, 0.25) is 0 Å². The number of nitrogens with one attached hydrogen (secondary N) is 1. The first-order valence-corrected chi connectivity index (χ1v) is 8.52. The fourth-order valence-electron chi connectivity index (χ4n) is 2.54. The van der Waals surface area contributed by atoms with Crippen LogP contribution in [0.4, 0.5) is 23.2 Å². The zero-order chi connectivity index (χ0) is 19.1. The number of benzene rings is 2. The summed E-state index contributed by atoms with van der Waals surface area (Å²) in [7, 11) is 0. The van der Waals surface area contributed by atoms with Gasteiger partial charge >= 0.3 is 0 Å². The van der Waals surface area contributed by atoms with Gasteiger partial charge in [-0.3, -0.25) is 0 Å². The molecule has 0 amide bonds. The molecule has 2 nitrogen and oxygen atoms in total. The predicted octanol–water partition coefficient (Wildman–Crippen LogP) is 5.21. The summed E-state index contributed by atoms with van der Waals surface area (Å²) in [5.74, 6) is -5.67. The maximum Gasteiger partial charge on any atom is 0.185 e. The number of anilines is 1. The minimum Gasteiger partial charge on any atom is -0.376 e. The number of hydrogen-bond acceptors (Lipinski definition) is 2. The van der Waals surface area contributed by atoms with E-state index in [1.165, 1.54) is 6.08 Å². The first-order valence-electron chi connectivity index (χ1n) is 8.52. The fourth-order valence-corrected chi connectivity index (χ4v) is 2.54. The van der Waals surface area contributed by atoms with E-state index in [-0.39, 0.29) is 6.54 Å². The van der Waals surface area contributed by atoms with Gasteiger partial charge in [0.1, 0.15) is 5.69 Å². The number of halogens is 4. The van der Waals surface area contributed by atoms with Crippen LogP contribution in [0.5, 0.6) is 0 Å². The van der Waals surface area contributed by atoms with Crippen molar-refractivity contribution in [3.8, 4) is 0 Å². The lowest BCUT2D eigenvalue weighted by Gasteiger charge is -2.15. The van der Waals surface area contributed by atoms with Gasteiger partial charge in [0, 0.05) is 13.1 Å². The maximum atomic E-state index is 14.2. The smallest absolute Gasteiger partial charge is 0.185 e. The average Bonchev–Trinajstić information content (AvgIpc) is 2.67. The molecule has 0 radical (unpaired) electrons. The van der Waals surface area contributed by atoms with Crippen LogP contribution in [0.15, 0.2) is 36.4 Å². The quantitative estimate of drug-likeness (QED) is 0.510. The number of rotatable bonds is 8. The minimum absolute atomic E-state index is 0.0463. The summed E-state index contributed by atoms with van der Waals surface area (Å²) in [4.78, 5) is 1.99. The van der Waals surface area contributed by atoms with Crippen LogP contribution in [0.25, 0.3) is 6.08 Å². The fraction of sp³-hybridized carbons (Fsp3) is 0.300. The third-order valence-electron chi connectivity index (χ3n) is 4.15.